The zero-order chi connectivity index (χ0) is 77.2. The van der Waals surface area contributed by atoms with Gasteiger partial charge in [-0.2, -0.15) is 0 Å². The van der Waals surface area contributed by atoms with Crippen LogP contribution in [-0.2, 0) is 26.4 Å². The SMILES string of the molecule is CC(C)(C)CC(C)(C)c1ccc(Oc2ccc3c(N4c5ccccc5Sc5ccccc54)cc(Oc4ccc(C(C)(C)CC(C)(C)C)cc4)c4c5ccc6c7c(Oc8ccc(C(C)(C)CC(C)(C)C)cc8)cc8c9c(cc(Oc%10ccc(C(C)(C)CC(C)(C)C)cc%10)c(c%10ccc(c2c34)c5c%106)c97)C(=O)OC8=O)cc1. The first-order valence-electron chi connectivity index (χ1n) is 38.8. The molecule has 0 spiro atoms. The molecule has 0 saturated carbocycles. The van der Waals surface area contributed by atoms with Gasteiger partial charge in [0.2, 0.25) is 0 Å². The van der Waals surface area contributed by atoms with Crippen LogP contribution < -0.4 is 23.8 Å². The number of para-hydroxylation sites is 2. The number of anilines is 3. The van der Waals surface area contributed by atoms with Crippen LogP contribution in [-0.4, -0.2) is 11.9 Å². The van der Waals surface area contributed by atoms with E-state index in [1.165, 1.54) is 22.3 Å². The number of nitrogens with zero attached hydrogens (tertiary/aromatic N) is 1. The second-order valence-corrected chi connectivity index (χ2v) is 39.7. The first-order valence-corrected chi connectivity index (χ1v) is 39.6. The van der Waals surface area contributed by atoms with Crippen LogP contribution in [0.5, 0.6) is 46.0 Å². The smallest absolute Gasteiger partial charge is 0.346 e. The monoisotopic (exact) mass is 1460 g/mol. The van der Waals surface area contributed by atoms with E-state index in [0.717, 1.165) is 106 Å². The predicted molar refractivity (Wildman–Crippen MR) is 454 cm³/mol. The Morgan fingerprint density at radius 3 is 0.917 bits per heavy atom. The van der Waals surface area contributed by atoms with Crippen molar-refractivity contribution < 1.29 is 33.3 Å². The molecule has 2 heterocycles. The highest BCUT2D eigenvalue weighted by atomic mass is 32.2. The maximum Gasteiger partial charge on any atom is 0.346 e. The molecule has 0 saturated heterocycles. The number of carbonyl (C=O) groups excluding carboxylic acids is 2. The minimum absolute atomic E-state index is 0.0885. The Kier molecular flexibility index (Phi) is 17.3. The molecular formula is C100H101NO7S. The molecule has 14 aromatic rings. The van der Waals surface area contributed by atoms with Crippen molar-refractivity contribution in [3.8, 4) is 46.0 Å². The molecule has 0 aliphatic carbocycles. The van der Waals surface area contributed by atoms with Gasteiger partial charge in [-0.15, -0.1) is 0 Å². The fraction of sp³-hybridized carbons (Fsp3) is 0.320. The molecule has 0 atom stereocenters. The number of benzene rings is 14. The van der Waals surface area contributed by atoms with Crippen LogP contribution in [0.3, 0.4) is 0 Å². The third kappa shape index (κ3) is 13.4. The molecule has 0 aromatic heterocycles. The quantitative estimate of drug-likeness (QED) is 0.0383. The van der Waals surface area contributed by atoms with Crippen LogP contribution in [0.15, 0.2) is 210 Å². The van der Waals surface area contributed by atoms with Gasteiger partial charge in [0, 0.05) is 58.9 Å². The summed E-state index contributed by atoms with van der Waals surface area (Å²) in [6.07, 6.45) is 3.93. The lowest BCUT2D eigenvalue weighted by Crippen LogP contribution is -2.24. The number of hydrogen-bond acceptors (Lipinski definition) is 9. The van der Waals surface area contributed by atoms with Gasteiger partial charge in [0.05, 0.1) is 28.2 Å². The van der Waals surface area contributed by atoms with Crippen molar-refractivity contribution in [1.29, 1.82) is 0 Å². The summed E-state index contributed by atoms with van der Waals surface area (Å²) in [6.45, 7) is 46.1. The number of esters is 2. The number of carbonyl (C=O) groups is 2. The van der Waals surface area contributed by atoms with Crippen LogP contribution in [0, 0.1) is 21.7 Å². The van der Waals surface area contributed by atoms with Crippen molar-refractivity contribution in [3.63, 3.8) is 0 Å². The molecule has 2 aliphatic heterocycles. The molecule has 0 radical (unpaired) electrons. The molecule has 0 amide bonds. The highest BCUT2D eigenvalue weighted by molar-refractivity contribution is 7.99. The number of hydrogen-bond donors (Lipinski definition) is 0. The summed E-state index contributed by atoms with van der Waals surface area (Å²) < 4.78 is 35.7. The molecule has 16 rings (SSSR count). The molecule has 8 nitrogen and oxygen atoms in total. The van der Waals surface area contributed by atoms with Crippen LogP contribution in [0.25, 0.3) is 75.4 Å². The molecule has 0 unspecified atom stereocenters. The summed E-state index contributed by atoms with van der Waals surface area (Å²) >= 11 is 1.78. The number of rotatable bonds is 17. The highest BCUT2D eigenvalue weighted by Crippen LogP contribution is 2.60. The summed E-state index contributed by atoms with van der Waals surface area (Å²) in [5.41, 5.74) is 8.30. The van der Waals surface area contributed by atoms with Crippen LogP contribution in [0.4, 0.5) is 17.1 Å². The Morgan fingerprint density at radius 1 is 0.284 bits per heavy atom. The van der Waals surface area contributed by atoms with E-state index in [4.69, 9.17) is 23.7 Å². The van der Waals surface area contributed by atoms with Gasteiger partial charge in [-0.1, -0.05) is 247 Å². The minimum atomic E-state index is -0.747. The van der Waals surface area contributed by atoms with Crippen molar-refractivity contribution in [2.45, 2.75) is 196 Å². The van der Waals surface area contributed by atoms with E-state index in [9.17, 15) is 9.59 Å². The summed E-state index contributed by atoms with van der Waals surface area (Å²) in [4.78, 5) is 34.1. The number of ether oxygens (including phenoxy) is 5. The first-order chi connectivity index (χ1) is 51.3. The van der Waals surface area contributed by atoms with Crippen molar-refractivity contribution in [2.75, 3.05) is 4.90 Å². The topological polar surface area (TPSA) is 83.5 Å². The maximum atomic E-state index is 14.7. The molecular weight excluding hydrogens is 1360 g/mol. The Labute approximate surface area is 647 Å². The second kappa shape index (κ2) is 25.8. The maximum absolute atomic E-state index is 14.7. The lowest BCUT2D eigenvalue weighted by Gasteiger charge is -2.34. The lowest BCUT2D eigenvalue weighted by atomic mass is 9.72. The van der Waals surface area contributed by atoms with Gasteiger partial charge in [-0.05, 0) is 221 Å². The van der Waals surface area contributed by atoms with E-state index in [1.807, 2.05) is 24.3 Å². The van der Waals surface area contributed by atoms with Crippen molar-refractivity contribution in [2.24, 2.45) is 21.7 Å². The van der Waals surface area contributed by atoms with Crippen molar-refractivity contribution in [3.05, 3.63) is 234 Å². The normalized spacial score (nSPS) is 14.1. The molecule has 554 valence electrons. The Morgan fingerprint density at radius 2 is 0.578 bits per heavy atom. The standard InChI is InChI=1S/C100H101NO7S/c1-93(2,3)54-97(13,14)58-29-37-62(38-30-58)104-76-50-49-66-75(101-73-25-21-23-27-80(73)109-81-28-24-22-26-74(81)101)53-79(107-65-43-35-61(36-44-65)100(19,20)57-96(10,11)12)86-68-46-48-70-83-69(47-45-67(82(68)83)85(76)89(66)86)87-77(105-63-39-31-59(32-40-63)98(15,16)55-94(4,5)6)51-71-84-72(92(103)108-91(71)102)52-78(88(70)90(84)87)106-64-41-33-60(34-42-64)99(17,18)56-95(7,8)9/h21-53H,54-57H2,1-20H3. The Balaban J connectivity index is 1.03. The van der Waals surface area contributed by atoms with Gasteiger partial charge in [-0.3, -0.25) is 0 Å². The average Bonchev–Trinajstić information content (AvgIpc) is 0.674. The zero-order valence-corrected chi connectivity index (χ0v) is 67.9. The minimum Gasteiger partial charge on any atom is -0.457 e. The third-order valence-corrected chi connectivity index (χ3v) is 23.5. The van der Waals surface area contributed by atoms with Crippen molar-refractivity contribution in [1.82, 2.24) is 0 Å². The zero-order valence-electron chi connectivity index (χ0n) is 67.1. The van der Waals surface area contributed by atoms with Gasteiger partial charge in [0.25, 0.3) is 0 Å². The molecule has 2 aliphatic rings. The first kappa shape index (κ1) is 73.1. The van der Waals surface area contributed by atoms with E-state index in [0.29, 0.717) is 67.5 Å². The summed E-state index contributed by atoms with van der Waals surface area (Å²) in [5, 5.41) is 11.9. The van der Waals surface area contributed by atoms with E-state index < -0.39 is 11.9 Å². The highest BCUT2D eigenvalue weighted by Gasteiger charge is 2.38. The molecule has 0 fully saturated rings. The van der Waals surface area contributed by atoms with Gasteiger partial charge >= 0.3 is 11.9 Å². The summed E-state index contributed by atoms with van der Waals surface area (Å²) in [5.74, 6) is 3.28. The molecule has 109 heavy (non-hydrogen) atoms. The molecule has 0 bridgehead atoms. The second-order valence-electron chi connectivity index (χ2n) is 38.6. The van der Waals surface area contributed by atoms with Crippen LogP contribution in [0.2, 0.25) is 0 Å². The van der Waals surface area contributed by atoms with E-state index >= 15 is 0 Å². The fourth-order valence-corrected chi connectivity index (χ4v) is 20.6. The fourth-order valence-electron chi connectivity index (χ4n) is 19.5. The van der Waals surface area contributed by atoms with Crippen LogP contribution >= 0.6 is 11.8 Å². The third-order valence-electron chi connectivity index (χ3n) is 22.4. The van der Waals surface area contributed by atoms with Gasteiger partial charge < -0.3 is 28.6 Å². The molecule has 0 N–H and O–H groups in total. The molecule has 9 heteroatoms. The molecule has 14 aromatic carbocycles. The van der Waals surface area contributed by atoms with Gasteiger partial charge in [0.15, 0.2) is 0 Å². The largest absolute Gasteiger partial charge is 0.457 e. The Bertz CT molecular complexity index is 5730. The van der Waals surface area contributed by atoms with E-state index in [-0.39, 0.29) is 54.4 Å². The van der Waals surface area contributed by atoms with Crippen LogP contribution in [0.1, 0.15) is 207 Å². The number of cyclic esters (lactones) is 2. The lowest BCUT2D eigenvalue weighted by molar-refractivity contribution is 0.0390. The number of fused-ring (bicyclic) bond motifs is 6. The summed E-state index contributed by atoms with van der Waals surface area (Å²) in [6, 6.07) is 70.7. The van der Waals surface area contributed by atoms with Gasteiger partial charge in [0.1, 0.15) is 46.0 Å². The predicted octanol–water partition coefficient (Wildman–Crippen LogP) is 29.9. The van der Waals surface area contributed by atoms with Gasteiger partial charge in [-0.25, -0.2) is 9.59 Å². The summed E-state index contributed by atoms with van der Waals surface area (Å²) in [7, 11) is 0. The Hall–Kier alpha value is -10.1. The van der Waals surface area contributed by atoms with E-state index in [2.05, 4.69) is 307 Å². The average molecular weight is 1460 g/mol. The van der Waals surface area contributed by atoms with E-state index in [1.54, 1.807) is 23.9 Å². The van der Waals surface area contributed by atoms with Crippen molar-refractivity contribution >= 4 is 116 Å².